The smallest absolute Gasteiger partial charge is 0.287 e. The predicted molar refractivity (Wildman–Crippen MR) is 109 cm³/mol. The van der Waals surface area contributed by atoms with E-state index in [2.05, 4.69) is 17.3 Å². The van der Waals surface area contributed by atoms with Gasteiger partial charge in [0.2, 0.25) is 0 Å². The van der Waals surface area contributed by atoms with Gasteiger partial charge in [-0.1, -0.05) is 24.3 Å². The van der Waals surface area contributed by atoms with Crippen LogP contribution in [0.15, 0.2) is 52.9 Å². The number of fused-ring (bicyclic) bond motifs is 1. The molecular weight excluding hydrogens is 356 g/mol. The minimum Gasteiger partial charge on any atom is -0.493 e. The third-order valence-corrected chi connectivity index (χ3v) is 4.55. The quantitative estimate of drug-likeness (QED) is 0.572. The maximum absolute atomic E-state index is 12.2. The molecule has 0 unspecified atom stereocenters. The molecule has 148 valence electrons. The van der Waals surface area contributed by atoms with Crippen molar-refractivity contribution in [3.8, 4) is 11.5 Å². The lowest BCUT2D eigenvalue weighted by molar-refractivity contribution is 0.0926. The SMILES string of the molecule is COc1ccc(CN(C)CCCNC(=O)c2cc3ccccc3o2)cc1OC. The molecule has 1 heterocycles. The Balaban J connectivity index is 1.44. The summed E-state index contributed by atoms with van der Waals surface area (Å²) in [6.45, 7) is 2.23. The molecule has 3 rings (SSSR count). The molecule has 2 aromatic carbocycles. The minimum absolute atomic E-state index is 0.182. The summed E-state index contributed by atoms with van der Waals surface area (Å²) in [5, 5.41) is 3.85. The number of methoxy groups -OCH3 is 2. The Morgan fingerprint density at radius 2 is 1.86 bits per heavy atom. The van der Waals surface area contributed by atoms with Gasteiger partial charge < -0.3 is 24.1 Å². The van der Waals surface area contributed by atoms with E-state index in [0.717, 1.165) is 47.5 Å². The van der Waals surface area contributed by atoms with Crippen LogP contribution in [0.3, 0.4) is 0 Å². The molecule has 3 aromatic rings. The fourth-order valence-electron chi connectivity index (χ4n) is 3.10. The van der Waals surface area contributed by atoms with E-state index in [4.69, 9.17) is 13.9 Å². The molecule has 1 amide bonds. The molecule has 1 aromatic heterocycles. The standard InChI is InChI=1S/C22H26N2O4/c1-24(15-16-9-10-19(26-2)20(13-16)27-3)12-6-11-23-22(25)21-14-17-7-4-5-8-18(17)28-21/h4-5,7-10,13-14H,6,11-12,15H2,1-3H3,(H,23,25). The number of rotatable bonds is 9. The third-order valence-electron chi connectivity index (χ3n) is 4.55. The molecule has 0 aliphatic carbocycles. The van der Waals surface area contributed by atoms with Crippen LogP contribution in [0.2, 0.25) is 0 Å². The largest absolute Gasteiger partial charge is 0.493 e. The van der Waals surface area contributed by atoms with Crippen LogP contribution in [0.25, 0.3) is 11.0 Å². The monoisotopic (exact) mass is 382 g/mol. The fourth-order valence-corrected chi connectivity index (χ4v) is 3.10. The summed E-state index contributed by atoms with van der Waals surface area (Å²) in [4.78, 5) is 14.4. The van der Waals surface area contributed by atoms with Crippen molar-refractivity contribution in [1.29, 1.82) is 0 Å². The number of hydrogen-bond acceptors (Lipinski definition) is 5. The Kier molecular flexibility index (Phi) is 6.55. The number of carbonyl (C=O) groups is 1. The zero-order valence-corrected chi connectivity index (χ0v) is 16.5. The average molecular weight is 382 g/mol. The van der Waals surface area contributed by atoms with Crippen molar-refractivity contribution in [2.75, 3.05) is 34.4 Å². The predicted octanol–water partition coefficient (Wildman–Crippen LogP) is 3.70. The number of nitrogens with zero attached hydrogens (tertiary/aromatic N) is 1. The molecule has 0 saturated carbocycles. The van der Waals surface area contributed by atoms with E-state index in [1.807, 2.05) is 42.5 Å². The van der Waals surface area contributed by atoms with Crippen molar-refractivity contribution < 1.29 is 18.7 Å². The first-order valence-corrected chi connectivity index (χ1v) is 9.27. The van der Waals surface area contributed by atoms with E-state index in [0.29, 0.717) is 12.3 Å². The second kappa shape index (κ2) is 9.28. The van der Waals surface area contributed by atoms with E-state index in [1.54, 1.807) is 20.3 Å². The molecule has 0 spiro atoms. The van der Waals surface area contributed by atoms with Crippen LogP contribution in [0.1, 0.15) is 22.5 Å². The van der Waals surface area contributed by atoms with Gasteiger partial charge in [-0.15, -0.1) is 0 Å². The van der Waals surface area contributed by atoms with Gasteiger partial charge in [0.05, 0.1) is 14.2 Å². The van der Waals surface area contributed by atoms with E-state index in [9.17, 15) is 4.79 Å². The van der Waals surface area contributed by atoms with Crippen LogP contribution in [0.4, 0.5) is 0 Å². The van der Waals surface area contributed by atoms with Crippen LogP contribution >= 0.6 is 0 Å². The van der Waals surface area contributed by atoms with Crippen LogP contribution < -0.4 is 14.8 Å². The van der Waals surface area contributed by atoms with Gasteiger partial charge in [-0.3, -0.25) is 4.79 Å². The van der Waals surface area contributed by atoms with Crippen molar-refractivity contribution in [1.82, 2.24) is 10.2 Å². The summed E-state index contributed by atoms with van der Waals surface area (Å²) in [5.41, 5.74) is 1.87. The molecule has 0 aliphatic heterocycles. The van der Waals surface area contributed by atoms with Crippen molar-refractivity contribution in [3.05, 3.63) is 59.9 Å². The van der Waals surface area contributed by atoms with Crippen molar-refractivity contribution in [2.24, 2.45) is 0 Å². The molecule has 0 aliphatic rings. The number of hydrogen-bond donors (Lipinski definition) is 1. The molecule has 0 atom stereocenters. The fraction of sp³-hybridized carbons (Fsp3) is 0.318. The lowest BCUT2D eigenvalue weighted by Crippen LogP contribution is -2.27. The van der Waals surface area contributed by atoms with E-state index in [1.165, 1.54) is 0 Å². The number of amides is 1. The normalized spacial score (nSPS) is 11.0. The molecular formula is C22H26N2O4. The molecule has 0 radical (unpaired) electrons. The Bertz CT molecular complexity index is 902. The summed E-state index contributed by atoms with van der Waals surface area (Å²) < 4.78 is 16.2. The highest BCUT2D eigenvalue weighted by molar-refractivity contribution is 5.96. The Hall–Kier alpha value is -2.99. The first kappa shape index (κ1) is 19.8. The highest BCUT2D eigenvalue weighted by Crippen LogP contribution is 2.27. The number of para-hydroxylation sites is 1. The van der Waals surface area contributed by atoms with Gasteiger partial charge in [0, 0.05) is 18.5 Å². The molecule has 1 N–H and O–H groups in total. The zero-order chi connectivity index (χ0) is 19.9. The van der Waals surface area contributed by atoms with Gasteiger partial charge in [-0.2, -0.15) is 0 Å². The molecule has 6 heteroatoms. The molecule has 0 bridgehead atoms. The topological polar surface area (TPSA) is 63.9 Å². The second-order valence-electron chi connectivity index (χ2n) is 6.69. The first-order chi connectivity index (χ1) is 13.6. The van der Waals surface area contributed by atoms with Gasteiger partial charge in [0.25, 0.3) is 5.91 Å². The number of furan rings is 1. The maximum Gasteiger partial charge on any atom is 0.287 e. The van der Waals surface area contributed by atoms with Crippen molar-refractivity contribution in [2.45, 2.75) is 13.0 Å². The van der Waals surface area contributed by atoms with Crippen LogP contribution in [0.5, 0.6) is 11.5 Å². The van der Waals surface area contributed by atoms with Crippen LogP contribution in [0, 0.1) is 0 Å². The van der Waals surface area contributed by atoms with Gasteiger partial charge in [-0.25, -0.2) is 0 Å². The van der Waals surface area contributed by atoms with Crippen molar-refractivity contribution >= 4 is 16.9 Å². The minimum atomic E-state index is -0.182. The molecule has 6 nitrogen and oxygen atoms in total. The van der Waals surface area contributed by atoms with E-state index >= 15 is 0 Å². The lowest BCUT2D eigenvalue weighted by atomic mass is 10.2. The number of ether oxygens (including phenoxy) is 2. The number of nitrogens with one attached hydrogen (secondary N) is 1. The summed E-state index contributed by atoms with van der Waals surface area (Å²) in [5.74, 6) is 1.62. The summed E-state index contributed by atoms with van der Waals surface area (Å²) in [6.07, 6.45) is 0.843. The lowest BCUT2D eigenvalue weighted by Gasteiger charge is -2.18. The van der Waals surface area contributed by atoms with Gasteiger partial charge in [0.15, 0.2) is 17.3 Å². The molecule has 28 heavy (non-hydrogen) atoms. The molecule has 0 saturated heterocycles. The average Bonchev–Trinajstić information content (AvgIpc) is 3.15. The number of benzene rings is 2. The summed E-state index contributed by atoms with van der Waals surface area (Å²) in [6, 6.07) is 15.3. The number of carbonyl (C=O) groups excluding carboxylic acids is 1. The Labute approximate surface area is 165 Å². The zero-order valence-electron chi connectivity index (χ0n) is 16.5. The highest BCUT2D eigenvalue weighted by atomic mass is 16.5. The van der Waals surface area contributed by atoms with Crippen LogP contribution in [-0.4, -0.2) is 45.2 Å². The van der Waals surface area contributed by atoms with Crippen molar-refractivity contribution in [3.63, 3.8) is 0 Å². The Morgan fingerprint density at radius 3 is 2.61 bits per heavy atom. The van der Waals surface area contributed by atoms with Gasteiger partial charge in [-0.05, 0) is 49.8 Å². The third kappa shape index (κ3) is 4.84. The van der Waals surface area contributed by atoms with Gasteiger partial charge in [0.1, 0.15) is 5.58 Å². The first-order valence-electron chi connectivity index (χ1n) is 9.27. The Morgan fingerprint density at radius 1 is 1.07 bits per heavy atom. The second-order valence-corrected chi connectivity index (χ2v) is 6.69. The van der Waals surface area contributed by atoms with E-state index < -0.39 is 0 Å². The maximum atomic E-state index is 12.2. The van der Waals surface area contributed by atoms with E-state index in [-0.39, 0.29) is 5.91 Å². The summed E-state index contributed by atoms with van der Waals surface area (Å²) in [7, 11) is 5.32. The summed E-state index contributed by atoms with van der Waals surface area (Å²) >= 11 is 0. The van der Waals surface area contributed by atoms with Gasteiger partial charge >= 0.3 is 0 Å². The van der Waals surface area contributed by atoms with Crippen LogP contribution in [-0.2, 0) is 6.54 Å². The highest BCUT2D eigenvalue weighted by Gasteiger charge is 2.11. The molecule has 0 fully saturated rings.